The van der Waals surface area contributed by atoms with Crippen LogP contribution in [0, 0.1) is 5.92 Å². The molecule has 3 heterocycles. The van der Waals surface area contributed by atoms with Crippen molar-refractivity contribution in [2.75, 3.05) is 19.6 Å². The number of fused-ring (bicyclic) bond motifs is 1. The Morgan fingerprint density at radius 2 is 1.94 bits per heavy atom. The fourth-order valence-corrected chi connectivity index (χ4v) is 4.03. The Kier molecular flexibility index (Phi) is 6.76. The molecule has 1 N–H and O–H groups in total. The lowest BCUT2D eigenvalue weighted by molar-refractivity contribution is -0.126. The van der Waals surface area contributed by atoms with E-state index in [1.54, 1.807) is 10.9 Å². The standard InChI is InChI=1S/C23H30N6O2/c1-2-3-7-12-24-22(30)18-10-13-27(14-11-18)17-29-23(31)21-19(15-25-29)16-28(26-21)20-8-5-4-6-9-20/h4-6,8-9,15-16,18H,2-3,7,10-14,17H2,1H3,(H,24,30). The number of hydrogen-bond acceptors (Lipinski definition) is 5. The number of unbranched alkanes of at least 4 members (excludes halogenated alkanes) is 2. The summed E-state index contributed by atoms with van der Waals surface area (Å²) >= 11 is 0. The summed E-state index contributed by atoms with van der Waals surface area (Å²) in [5.74, 6) is 0.227. The highest BCUT2D eigenvalue weighted by atomic mass is 16.2. The SMILES string of the molecule is CCCCCNC(=O)C1CCN(Cn2ncc3cn(-c4ccccc4)nc3c2=O)CC1. The van der Waals surface area contributed by atoms with E-state index in [-0.39, 0.29) is 17.4 Å². The molecule has 164 valence electrons. The van der Waals surface area contributed by atoms with Crippen LogP contribution in [0.5, 0.6) is 0 Å². The van der Waals surface area contributed by atoms with Gasteiger partial charge in [0.15, 0.2) is 5.52 Å². The molecule has 0 bridgehead atoms. The van der Waals surface area contributed by atoms with Crippen LogP contribution in [0.1, 0.15) is 39.0 Å². The largest absolute Gasteiger partial charge is 0.356 e. The van der Waals surface area contributed by atoms with Crippen LogP contribution in [0.15, 0.2) is 47.5 Å². The van der Waals surface area contributed by atoms with Crippen LogP contribution in [0.25, 0.3) is 16.6 Å². The number of carbonyl (C=O) groups excluding carboxylic acids is 1. The van der Waals surface area contributed by atoms with Crippen LogP contribution in [-0.4, -0.2) is 50.0 Å². The first kappa shape index (κ1) is 21.2. The molecule has 1 saturated heterocycles. The van der Waals surface area contributed by atoms with E-state index in [0.717, 1.165) is 62.8 Å². The van der Waals surface area contributed by atoms with Gasteiger partial charge in [-0.2, -0.15) is 10.2 Å². The monoisotopic (exact) mass is 422 g/mol. The second-order valence-corrected chi connectivity index (χ2v) is 8.19. The number of piperidine rings is 1. The maximum atomic E-state index is 12.9. The Labute approximate surface area is 181 Å². The van der Waals surface area contributed by atoms with Crippen molar-refractivity contribution in [2.45, 2.75) is 45.7 Å². The van der Waals surface area contributed by atoms with Gasteiger partial charge in [-0.15, -0.1) is 0 Å². The smallest absolute Gasteiger partial charge is 0.296 e. The van der Waals surface area contributed by atoms with Gasteiger partial charge >= 0.3 is 0 Å². The minimum absolute atomic E-state index is 0.0617. The van der Waals surface area contributed by atoms with E-state index in [1.165, 1.54) is 4.68 Å². The zero-order valence-electron chi connectivity index (χ0n) is 18.0. The van der Waals surface area contributed by atoms with Crippen molar-refractivity contribution in [3.05, 3.63) is 53.1 Å². The summed E-state index contributed by atoms with van der Waals surface area (Å²) in [4.78, 5) is 27.4. The summed E-state index contributed by atoms with van der Waals surface area (Å²) in [5.41, 5.74) is 1.13. The number of nitrogens with zero attached hydrogens (tertiary/aromatic N) is 5. The summed E-state index contributed by atoms with van der Waals surface area (Å²) in [6, 6.07) is 9.71. The molecule has 0 unspecified atom stereocenters. The van der Waals surface area contributed by atoms with Gasteiger partial charge in [-0.3, -0.25) is 14.5 Å². The number of aromatic nitrogens is 4. The van der Waals surface area contributed by atoms with Crippen molar-refractivity contribution in [3.63, 3.8) is 0 Å². The molecule has 1 fully saturated rings. The van der Waals surface area contributed by atoms with Gasteiger partial charge in [0, 0.05) is 37.1 Å². The number of benzene rings is 1. The second-order valence-electron chi connectivity index (χ2n) is 8.19. The number of para-hydroxylation sites is 1. The molecule has 0 spiro atoms. The summed E-state index contributed by atoms with van der Waals surface area (Å²) in [5, 5.41) is 12.6. The van der Waals surface area contributed by atoms with Gasteiger partial charge in [-0.05, 0) is 31.4 Å². The lowest BCUT2D eigenvalue weighted by atomic mass is 9.96. The molecule has 0 atom stereocenters. The topological polar surface area (TPSA) is 85.1 Å². The molecule has 1 aliphatic heterocycles. The molecule has 8 nitrogen and oxygen atoms in total. The Morgan fingerprint density at radius 1 is 1.16 bits per heavy atom. The zero-order valence-corrected chi connectivity index (χ0v) is 18.0. The summed E-state index contributed by atoms with van der Waals surface area (Å²) in [6.45, 7) is 4.89. The van der Waals surface area contributed by atoms with E-state index in [9.17, 15) is 9.59 Å². The first-order valence-electron chi connectivity index (χ1n) is 11.2. The number of likely N-dealkylation sites (tertiary alicyclic amines) is 1. The van der Waals surface area contributed by atoms with Crippen LogP contribution in [0.2, 0.25) is 0 Å². The zero-order chi connectivity index (χ0) is 21.6. The lowest BCUT2D eigenvalue weighted by Crippen LogP contribution is -2.43. The molecule has 1 amide bonds. The molecule has 1 aromatic carbocycles. The average molecular weight is 423 g/mol. The van der Waals surface area contributed by atoms with Crippen molar-refractivity contribution in [1.82, 2.24) is 29.8 Å². The average Bonchev–Trinajstić information content (AvgIpc) is 3.25. The van der Waals surface area contributed by atoms with Gasteiger partial charge in [0.2, 0.25) is 5.91 Å². The maximum absolute atomic E-state index is 12.9. The normalized spacial score (nSPS) is 15.4. The van der Waals surface area contributed by atoms with Crippen molar-refractivity contribution < 1.29 is 4.79 Å². The van der Waals surface area contributed by atoms with Crippen molar-refractivity contribution in [2.24, 2.45) is 5.92 Å². The molecule has 8 heteroatoms. The molecule has 3 aromatic rings. The maximum Gasteiger partial charge on any atom is 0.296 e. The van der Waals surface area contributed by atoms with E-state index in [0.29, 0.717) is 12.2 Å². The van der Waals surface area contributed by atoms with E-state index in [4.69, 9.17) is 0 Å². The van der Waals surface area contributed by atoms with Gasteiger partial charge in [0.1, 0.15) is 0 Å². The molecule has 1 aliphatic rings. The highest BCUT2D eigenvalue weighted by Crippen LogP contribution is 2.18. The van der Waals surface area contributed by atoms with Crippen LogP contribution < -0.4 is 10.9 Å². The fraction of sp³-hybridized carbons (Fsp3) is 0.478. The number of amides is 1. The number of carbonyl (C=O) groups is 1. The summed E-state index contributed by atoms with van der Waals surface area (Å²) in [7, 11) is 0. The molecule has 4 rings (SSSR count). The highest BCUT2D eigenvalue weighted by molar-refractivity contribution is 5.78. The third-order valence-electron chi connectivity index (χ3n) is 5.91. The fourth-order valence-electron chi connectivity index (χ4n) is 4.03. The minimum Gasteiger partial charge on any atom is -0.356 e. The molecule has 0 radical (unpaired) electrons. The number of hydrogen-bond donors (Lipinski definition) is 1. The van der Waals surface area contributed by atoms with Crippen LogP contribution in [0.3, 0.4) is 0 Å². The molecular weight excluding hydrogens is 392 g/mol. The summed E-state index contributed by atoms with van der Waals surface area (Å²) in [6.07, 6.45) is 8.47. The Bertz CT molecular complexity index is 1070. The first-order chi connectivity index (χ1) is 15.2. The van der Waals surface area contributed by atoms with E-state index in [1.807, 2.05) is 36.5 Å². The van der Waals surface area contributed by atoms with Crippen LogP contribution in [0.4, 0.5) is 0 Å². The third-order valence-corrected chi connectivity index (χ3v) is 5.91. The predicted octanol–water partition coefficient (Wildman–Crippen LogP) is 2.56. The molecule has 0 saturated carbocycles. The van der Waals surface area contributed by atoms with Gasteiger partial charge in [-0.1, -0.05) is 38.0 Å². The Morgan fingerprint density at radius 3 is 2.68 bits per heavy atom. The number of rotatable bonds is 8. The highest BCUT2D eigenvalue weighted by Gasteiger charge is 2.25. The van der Waals surface area contributed by atoms with Crippen molar-refractivity contribution in [1.29, 1.82) is 0 Å². The Balaban J connectivity index is 1.37. The molecular formula is C23H30N6O2. The van der Waals surface area contributed by atoms with Crippen LogP contribution in [-0.2, 0) is 11.5 Å². The summed E-state index contributed by atoms with van der Waals surface area (Å²) < 4.78 is 3.18. The Hall–Kier alpha value is -3.00. The van der Waals surface area contributed by atoms with E-state index < -0.39 is 0 Å². The number of nitrogens with one attached hydrogen (secondary N) is 1. The van der Waals surface area contributed by atoms with Gasteiger partial charge in [-0.25, -0.2) is 9.36 Å². The van der Waals surface area contributed by atoms with E-state index in [2.05, 4.69) is 27.3 Å². The van der Waals surface area contributed by atoms with Crippen molar-refractivity contribution >= 4 is 16.8 Å². The molecule has 0 aliphatic carbocycles. The molecule has 2 aromatic heterocycles. The van der Waals surface area contributed by atoms with Crippen LogP contribution >= 0.6 is 0 Å². The van der Waals surface area contributed by atoms with E-state index >= 15 is 0 Å². The molecule has 31 heavy (non-hydrogen) atoms. The third kappa shape index (κ3) is 5.02. The van der Waals surface area contributed by atoms with Gasteiger partial charge in [0.25, 0.3) is 5.56 Å². The minimum atomic E-state index is -0.192. The quantitative estimate of drug-likeness (QED) is 0.564. The van der Waals surface area contributed by atoms with Crippen molar-refractivity contribution in [3.8, 4) is 5.69 Å². The first-order valence-corrected chi connectivity index (χ1v) is 11.2. The van der Waals surface area contributed by atoms with Gasteiger partial charge < -0.3 is 5.32 Å². The second kappa shape index (κ2) is 9.87. The lowest BCUT2D eigenvalue weighted by Gasteiger charge is -2.31. The predicted molar refractivity (Wildman–Crippen MR) is 120 cm³/mol. The van der Waals surface area contributed by atoms with Gasteiger partial charge in [0.05, 0.1) is 18.6 Å².